The van der Waals surface area contributed by atoms with Crippen LogP contribution in [0.25, 0.3) is 0 Å². The van der Waals surface area contributed by atoms with Crippen molar-refractivity contribution in [2.75, 3.05) is 30.5 Å². The Morgan fingerprint density at radius 2 is 2.17 bits per heavy atom. The van der Waals surface area contributed by atoms with E-state index in [1.54, 1.807) is 19.0 Å². The number of halogens is 1. The Balaban J connectivity index is 2.40. The predicted octanol–water partition coefficient (Wildman–Crippen LogP) is 1.33. The van der Waals surface area contributed by atoms with Gasteiger partial charge in [0, 0.05) is 14.1 Å². The number of ether oxygens (including phenoxy) is 1. The summed E-state index contributed by atoms with van der Waals surface area (Å²) in [5.74, 6) is 0.632. The quantitative estimate of drug-likeness (QED) is 0.826. The summed E-state index contributed by atoms with van der Waals surface area (Å²) in [6.45, 7) is 2.31. The van der Waals surface area contributed by atoms with Gasteiger partial charge in [0.25, 0.3) is 0 Å². The van der Waals surface area contributed by atoms with Crippen LogP contribution in [0.4, 0.5) is 16.7 Å². The Kier molecular flexibility index (Phi) is 3.51. The van der Waals surface area contributed by atoms with Crippen LogP contribution in [0.3, 0.4) is 0 Å². The van der Waals surface area contributed by atoms with E-state index in [0.29, 0.717) is 12.6 Å². The molecule has 0 aromatic carbocycles. The molecule has 18 heavy (non-hydrogen) atoms. The highest BCUT2D eigenvalue weighted by atomic mass is 35.5. The fraction of sp³-hybridized carbons (Fsp3) is 0.600. The molecule has 1 fully saturated rings. The molecule has 98 valence electrons. The van der Waals surface area contributed by atoms with E-state index in [-0.39, 0.29) is 17.3 Å². The summed E-state index contributed by atoms with van der Waals surface area (Å²) in [7, 11) is 3.57. The second-order valence-corrected chi connectivity index (χ2v) is 4.45. The Morgan fingerprint density at radius 1 is 1.44 bits per heavy atom. The summed E-state index contributed by atoms with van der Waals surface area (Å²) in [6.07, 6.45) is 0.306. The van der Waals surface area contributed by atoms with E-state index >= 15 is 0 Å². The van der Waals surface area contributed by atoms with Gasteiger partial charge in [0.15, 0.2) is 0 Å². The van der Waals surface area contributed by atoms with Crippen LogP contribution >= 0.6 is 11.6 Å². The topological polar surface area (TPSA) is 71.5 Å². The Morgan fingerprint density at radius 3 is 2.78 bits per heavy atom. The number of hydrogen-bond donors (Lipinski definition) is 0. The molecule has 2 heterocycles. The molecule has 0 spiro atoms. The summed E-state index contributed by atoms with van der Waals surface area (Å²) >= 11 is 5.84. The molecule has 0 N–H and O–H groups in total. The molecule has 7 nitrogen and oxygen atoms in total. The third-order valence-electron chi connectivity index (χ3n) is 2.63. The highest BCUT2D eigenvalue weighted by Crippen LogP contribution is 2.23. The molecule has 1 aliphatic rings. The van der Waals surface area contributed by atoms with Crippen LogP contribution in [-0.4, -0.2) is 47.8 Å². The van der Waals surface area contributed by atoms with Crippen LogP contribution in [0.5, 0.6) is 0 Å². The van der Waals surface area contributed by atoms with Crippen molar-refractivity contribution in [2.45, 2.75) is 19.4 Å². The van der Waals surface area contributed by atoms with E-state index < -0.39 is 6.09 Å². The van der Waals surface area contributed by atoms with Crippen molar-refractivity contribution >= 4 is 29.6 Å². The SMILES string of the molecule is CC[C@H]1COC(=O)N1c1nc(Cl)nc(N(C)C)n1. The van der Waals surface area contributed by atoms with Crippen LogP contribution in [0.2, 0.25) is 5.28 Å². The number of anilines is 2. The standard InChI is InChI=1S/C10H14ClN5O2/c1-4-6-5-18-10(17)16(6)9-13-7(11)12-8(14-9)15(2)3/h6H,4-5H2,1-3H3/t6-/m0/s1. The smallest absolute Gasteiger partial charge is 0.417 e. The largest absolute Gasteiger partial charge is 0.447 e. The zero-order valence-corrected chi connectivity index (χ0v) is 11.2. The summed E-state index contributed by atoms with van der Waals surface area (Å²) in [6, 6.07) is -0.0639. The average Bonchev–Trinajstić information content (AvgIpc) is 2.69. The molecule has 0 aliphatic carbocycles. The molecule has 1 amide bonds. The highest BCUT2D eigenvalue weighted by Gasteiger charge is 2.35. The fourth-order valence-corrected chi connectivity index (χ4v) is 1.79. The normalized spacial score (nSPS) is 19.0. The number of carbonyl (C=O) groups excluding carboxylic acids is 1. The van der Waals surface area contributed by atoms with Gasteiger partial charge in [-0.1, -0.05) is 6.92 Å². The molecule has 0 radical (unpaired) electrons. The number of aromatic nitrogens is 3. The molecule has 1 aromatic rings. The zero-order chi connectivity index (χ0) is 13.3. The van der Waals surface area contributed by atoms with E-state index in [1.165, 1.54) is 4.90 Å². The van der Waals surface area contributed by atoms with Gasteiger partial charge in [0.2, 0.25) is 17.2 Å². The van der Waals surface area contributed by atoms with Gasteiger partial charge in [-0.05, 0) is 18.0 Å². The van der Waals surface area contributed by atoms with Gasteiger partial charge in [-0.3, -0.25) is 0 Å². The summed E-state index contributed by atoms with van der Waals surface area (Å²) in [5, 5.41) is 0.0539. The van der Waals surface area contributed by atoms with Crippen molar-refractivity contribution in [3.8, 4) is 0 Å². The Hall–Kier alpha value is -1.63. The van der Waals surface area contributed by atoms with Crippen molar-refractivity contribution < 1.29 is 9.53 Å². The molecule has 8 heteroatoms. The number of nitrogens with zero attached hydrogens (tertiary/aromatic N) is 5. The zero-order valence-electron chi connectivity index (χ0n) is 10.4. The minimum atomic E-state index is -0.450. The van der Waals surface area contributed by atoms with E-state index in [1.807, 2.05) is 6.92 Å². The number of hydrogen-bond acceptors (Lipinski definition) is 6. The lowest BCUT2D eigenvalue weighted by atomic mass is 10.2. The summed E-state index contributed by atoms with van der Waals surface area (Å²) in [4.78, 5) is 27.0. The van der Waals surface area contributed by atoms with Gasteiger partial charge in [0.1, 0.15) is 6.61 Å². The molecule has 1 saturated heterocycles. The minimum absolute atomic E-state index is 0.0539. The minimum Gasteiger partial charge on any atom is -0.447 e. The molecule has 0 saturated carbocycles. The molecule has 0 bridgehead atoms. The van der Waals surface area contributed by atoms with Gasteiger partial charge >= 0.3 is 6.09 Å². The van der Waals surface area contributed by atoms with Crippen LogP contribution in [0.15, 0.2) is 0 Å². The molecule has 2 rings (SSSR count). The molecule has 1 aliphatic heterocycles. The van der Waals surface area contributed by atoms with Crippen molar-refractivity contribution in [1.82, 2.24) is 15.0 Å². The van der Waals surface area contributed by atoms with E-state index in [0.717, 1.165) is 6.42 Å². The van der Waals surface area contributed by atoms with E-state index in [2.05, 4.69) is 15.0 Å². The lowest BCUT2D eigenvalue weighted by Gasteiger charge is -2.19. The molecule has 0 unspecified atom stereocenters. The van der Waals surface area contributed by atoms with Gasteiger partial charge in [0.05, 0.1) is 6.04 Å². The Bertz CT molecular complexity index is 468. The second kappa shape index (κ2) is 4.93. The maximum atomic E-state index is 11.7. The van der Waals surface area contributed by atoms with Crippen LogP contribution in [0.1, 0.15) is 13.3 Å². The maximum absolute atomic E-state index is 11.7. The van der Waals surface area contributed by atoms with Crippen molar-refractivity contribution in [3.63, 3.8) is 0 Å². The number of amides is 1. The van der Waals surface area contributed by atoms with Gasteiger partial charge in [-0.2, -0.15) is 15.0 Å². The van der Waals surface area contributed by atoms with Crippen molar-refractivity contribution in [3.05, 3.63) is 5.28 Å². The summed E-state index contributed by atoms with van der Waals surface area (Å²) in [5.41, 5.74) is 0. The first-order valence-corrected chi connectivity index (χ1v) is 5.95. The van der Waals surface area contributed by atoms with E-state index in [9.17, 15) is 4.79 Å². The Labute approximate surface area is 110 Å². The van der Waals surface area contributed by atoms with Gasteiger partial charge in [-0.25, -0.2) is 9.69 Å². The summed E-state index contributed by atoms with van der Waals surface area (Å²) < 4.78 is 4.99. The highest BCUT2D eigenvalue weighted by molar-refractivity contribution is 6.28. The molecule has 1 aromatic heterocycles. The number of cyclic esters (lactones) is 1. The van der Waals surface area contributed by atoms with E-state index in [4.69, 9.17) is 16.3 Å². The molecular weight excluding hydrogens is 258 g/mol. The van der Waals surface area contributed by atoms with Crippen LogP contribution in [0, 0.1) is 0 Å². The van der Waals surface area contributed by atoms with Crippen LogP contribution in [-0.2, 0) is 4.74 Å². The van der Waals surface area contributed by atoms with Crippen molar-refractivity contribution in [2.24, 2.45) is 0 Å². The first-order chi connectivity index (χ1) is 8.52. The first-order valence-electron chi connectivity index (χ1n) is 5.57. The average molecular weight is 272 g/mol. The third kappa shape index (κ3) is 2.31. The molecular formula is C10H14ClN5O2. The number of rotatable bonds is 3. The fourth-order valence-electron chi connectivity index (χ4n) is 1.64. The lowest BCUT2D eigenvalue weighted by Crippen LogP contribution is -2.35. The van der Waals surface area contributed by atoms with Gasteiger partial charge in [-0.15, -0.1) is 0 Å². The monoisotopic (exact) mass is 271 g/mol. The molecule has 1 atom stereocenters. The van der Waals surface area contributed by atoms with Gasteiger partial charge < -0.3 is 9.64 Å². The van der Waals surface area contributed by atoms with Crippen LogP contribution < -0.4 is 9.80 Å². The number of carbonyl (C=O) groups is 1. The third-order valence-corrected chi connectivity index (χ3v) is 2.80. The second-order valence-electron chi connectivity index (χ2n) is 4.11. The lowest BCUT2D eigenvalue weighted by molar-refractivity contribution is 0.178. The van der Waals surface area contributed by atoms with Crippen molar-refractivity contribution in [1.29, 1.82) is 0 Å². The first kappa shape index (κ1) is 12.8. The maximum Gasteiger partial charge on any atom is 0.417 e. The predicted molar refractivity (Wildman–Crippen MR) is 67.1 cm³/mol.